The summed E-state index contributed by atoms with van der Waals surface area (Å²) in [4.78, 5) is 20.8. The number of rotatable bonds is 10. The maximum atomic E-state index is 13.4. The summed E-state index contributed by atoms with van der Waals surface area (Å²) in [6.07, 6.45) is -1.41. The molecule has 0 saturated heterocycles. The smallest absolute Gasteiger partial charge is 0.393 e. The minimum Gasteiger partial charge on any atom is -0.550 e. The van der Waals surface area contributed by atoms with Crippen molar-refractivity contribution in [3.05, 3.63) is 0 Å². The van der Waals surface area contributed by atoms with E-state index in [-0.39, 0.29) is 0 Å². The molecule has 0 bridgehead atoms. The highest BCUT2D eigenvalue weighted by Gasteiger charge is 2.93. The van der Waals surface area contributed by atoms with E-state index in [1.807, 2.05) is 0 Å². The number of carboxylic acid groups (broad SMARTS) is 1. The molecule has 4 nitrogen and oxygen atoms in total. The van der Waals surface area contributed by atoms with E-state index < -0.39 is 65.8 Å². The summed E-state index contributed by atoms with van der Waals surface area (Å²) in [6, 6.07) is 0. The molecule has 0 unspecified atom stereocenters. The molecule has 178 valence electrons. The van der Waals surface area contributed by atoms with Crippen molar-refractivity contribution in [2.24, 2.45) is 0 Å². The molecule has 0 aliphatic rings. The Morgan fingerprint density at radius 3 is 1.33 bits per heavy atom. The number of carbonyl (C=O) groups is 2. The predicted octanol–water partition coefficient (Wildman–Crippen LogP) is 2.89. The van der Waals surface area contributed by atoms with Crippen LogP contribution in [0, 0.1) is 0 Å². The maximum Gasteiger partial charge on any atom is 0.393 e. The van der Waals surface area contributed by atoms with Gasteiger partial charge in [0.25, 0.3) is 5.91 Å². The lowest BCUT2D eigenvalue weighted by molar-refractivity contribution is -0.431. The lowest BCUT2D eigenvalue weighted by Crippen LogP contribution is -2.73. The van der Waals surface area contributed by atoms with Crippen molar-refractivity contribution in [2.75, 3.05) is 6.54 Å². The van der Waals surface area contributed by atoms with Crippen molar-refractivity contribution in [3.63, 3.8) is 0 Å². The van der Waals surface area contributed by atoms with Crippen LogP contribution in [0.1, 0.15) is 6.42 Å². The van der Waals surface area contributed by atoms with E-state index in [0.717, 1.165) is 0 Å². The van der Waals surface area contributed by atoms with Gasteiger partial charge in [0.15, 0.2) is 0 Å². The van der Waals surface area contributed by atoms with Gasteiger partial charge in [-0.1, -0.05) is 0 Å². The quantitative estimate of drug-likeness (QED) is 0.371. The molecular weight excluding hydrogens is 496 g/mol. The zero-order valence-electron chi connectivity index (χ0n) is 13.3. The number of aliphatic carboxylic acids is 1. The molecule has 0 heterocycles. The Labute approximate surface area is 160 Å². The zero-order valence-corrected chi connectivity index (χ0v) is 14.1. The fourth-order valence-corrected chi connectivity index (χ4v) is 1.62. The summed E-state index contributed by atoms with van der Waals surface area (Å²) in [5, 5.41) is 3.74. The van der Waals surface area contributed by atoms with Crippen molar-refractivity contribution in [3.8, 4) is 0 Å². The standard InChI is InChI=1S/C11H6ClF14NO3/c12-11(25,26)10(23,24)9(21,22)8(19,20)7(17,18)6(15,16)5(13,14)4(30)27-2-1-3(28)29/h1-2H2,(H,27,30)(H,28,29)/p-1. The topological polar surface area (TPSA) is 69.2 Å². The highest BCUT2D eigenvalue weighted by Crippen LogP contribution is 2.62. The first-order valence-corrected chi connectivity index (χ1v) is 7.03. The van der Waals surface area contributed by atoms with Gasteiger partial charge < -0.3 is 15.2 Å². The van der Waals surface area contributed by atoms with Crippen LogP contribution >= 0.6 is 11.6 Å². The first-order valence-electron chi connectivity index (χ1n) is 6.65. The van der Waals surface area contributed by atoms with Crippen molar-refractivity contribution >= 4 is 23.5 Å². The highest BCUT2D eigenvalue weighted by molar-refractivity contribution is 6.22. The molecule has 30 heavy (non-hydrogen) atoms. The fraction of sp³-hybridized carbons (Fsp3) is 0.818. The Hall–Kier alpha value is -1.75. The molecule has 19 heteroatoms. The van der Waals surface area contributed by atoms with Crippen molar-refractivity contribution in [1.29, 1.82) is 0 Å². The number of carboxylic acids is 1. The molecule has 0 aromatic rings. The minimum absolute atomic E-state index is 0.532. The molecule has 0 fully saturated rings. The van der Waals surface area contributed by atoms with Gasteiger partial charge in [0.1, 0.15) is 0 Å². The van der Waals surface area contributed by atoms with E-state index >= 15 is 0 Å². The van der Waals surface area contributed by atoms with Gasteiger partial charge in [-0.05, 0) is 11.6 Å². The van der Waals surface area contributed by atoms with Crippen LogP contribution in [-0.2, 0) is 9.59 Å². The summed E-state index contributed by atoms with van der Waals surface area (Å²) in [6.45, 7) is -1.54. The summed E-state index contributed by atoms with van der Waals surface area (Å²) in [7, 11) is 0. The van der Waals surface area contributed by atoms with Crippen LogP contribution < -0.4 is 10.4 Å². The van der Waals surface area contributed by atoms with E-state index in [1.54, 1.807) is 0 Å². The number of hydrogen-bond acceptors (Lipinski definition) is 3. The van der Waals surface area contributed by atoms with Crippen LogP contribution in [0.2, 0.25) is 0 Å². The molecule has 0 saturated carbocycles. The molecule has 1 N–H and O–H groups in total. The molecule has 0 aliphatic heterocycles. The Bertz CT molecular complexity index is 675. The van der Waals surface area contributed by atoms with E-state index in [4.69, 9.17) is 0 Å². The molecule has 0 radical (unpaired) electrons. The van der Waals surface area contributed by atoms with Gasteiger partial charge in [-0.2, -0.15) is 61.5 Å². The molecular formula is C11H5ClF14NO3-. The van der Waals surface area contributed by atoms with Gasteiger partial charge in [0, 0.05) is 18.9 Å². The van der Waals surface area contributed by atoms with Gasteiger partial charge in [-0.15, -0.1) is 0 Å². The molecule has 0 atom stereocenters. The average Bonchev–Trinajstić information content (AvgIpc) is 2.52. The van der Waals surface area contributed by atoms with Gasteiger partial charge in [-0.25, -0.2) is 0 Å². The Morgan fingerprint density at radius 1 is 0.667 bits per heavy atom. The van der Waals surface area contributed by atoms with Gasteiger partial charge in [0.2, 0.25) is 0 Å². The van der Waals surface area contributed by atoms with Crippen molar-refractivity contribution in [1.82, 2.24) is 5.32 Å². The summed E-state index contributed by atoms with van der Waals surface area (Å²) in [5.74, 6) is -53.2. The van der Waals surface area contributed by atoms with Gasteiger partial charge >= 0.3 is 40.9 Å². The SMILES string of the molecule is O=C([O-])CCNC(=O)C(F)(F)C(F)(F)C(F)(F)C(F)(F)C(F)(F)C(F)(F)C(F)(F)Cl. The Morgan fingerprint density at radius 2 is 1.00 bits per heavy atom. The van der Waals surface area contributed by atoms with E-state index in [2.05, 4.69) is 11.6 Å². The second-order valence-electron chi connectivity index (χ2n) is 5.32. The van der Waals surface area contributed by atoms with E-state index in [1.165, 1.54) is 0 Å². The van der Waals surface area contributed by atoms with Gasteiger partial charge in [-0.3, -0.25) is 4.79 Å². The first-order chi connectivity index (χ1) is 12.8. The van der Waals surface area contributed by atoms with Crippen LogP contribution in [0.3, 0.4) is 0 Å². The van der Waals surface area contributed by atoms with Crippen LogP contribution in [0.5, 0.6) is 0 Å². The average molecular weight is 501 g/mol. The van der Waals surface area contributed by atoms with Crippen LogP contribution in [0.25, 0.3) is 0 Å². The third-order valence-electron chi connectivity index (χ3n) is 3.23. The molecule has 0 spiro atoms. The summed E-state index contributed by atoms with van der Waals surface area (Å²) in [5.41, 5.74) is 0. The third-order valence-corrected chi connectivity index (χ3v) is 3.46. The second kappa shape index (κ2) is 7.74. The number of amides is 1. The number of alkyl halides is 15. The van der Waals surface area contributed by atoms with Gasteiger partial charge in [0.05, 0.1) is 0 Å². The van der Waals surface area contributed by atoms with Crippen molar-refractivity contribution in [2.45, 2.75) is 47.3 Å². The number of nitrogens with one attached hydrogen (secondary N) is 1. The fourth-order valence-electron chi connectivity index (χ4n) is 1.50. The van der Waals surface area contributed by atoms with E-state index in [0.29, 0.717) is 5.32 Å². The Kier molecular flexibility index (Phi) is 7.29. The number of halogens is 15. The van der Waals surface area contributed by atoms with Crippen molar-refractivity contribution < 1.29 is 76.2 Å². The lowest BCUT2D eigenvalue weighted by atomic mass is 9.91. The lowest BCUT2D eigenvalue weighted by Gasteiger charge is -2.41. The molecule has 0 aromatic heterocycles. The monoisotopic (exact) mass is 500 g/mol. The summed E-state index contributed by atoms with van der Waals surface area (Å²) < 4.78 is 183. The number of hydrogen-bond donors (Lipinski definition) is 1. The maximum absolute atomic E-state index is 13.4. The molecule has 1 amide bonds. The van der Waals surface area contributed by atoms with Crippen LogP contribution in [0.15, 0.2) is 0 Å². The van der Waals surface area contributed by atoms with Crippen LogP contribution in [0.4, 0.5) is 61.5 Å². The predicted molar refractivity (Wildman–Crippen MR) is 63.1 cm³/mol. The molecule has 0 aliphatic carbocycles. The van der Waals surface area contributed by atoms with Crippen LogP contribution in [-0.4, -0.2) is 59.3 Å². The largest absolute Gasteiger partial charge is 0.550 e. The molecule has 0 rings (SSSR count). The normalized spacial score (nSPS) is 15.2. The Balaban J connectivity index is 6.29. The minimum atomic E-state index is -8.35. The third kappa shape index (κ3) is 4.05. The summed E-state index contributed by atoms with van der Waals surface area (Å²) >= 11 is 3.41. The first kappa shape index (κ1) is 28.2. The zero-order chi connectivity index (χ0) is 24.8. The van der Waals surface area contributed by atoms with E-state index in [9.17, 15) is 76.2 Å². The second-order valence-corrected chi connectivity index (χ2v) is 5.80. The number of carbonyl (C=O) groups excluding carboxylic acids is 2. The molecule has 0 aromatic carbocycles. The highest BCUT2D eigenvalue weighted by atomic mass is 35.5.